The van der Waals surface area contributed by atoms with Gasteiger partial charge in [-0.2, -0.15) is 0 Å². The smallest absolute Gasteiger partial charge is 0.304 e. The van der Waals surface area contributed by atoms with Crippen molar-refractivity contribution in [3.8, 4) is 11.5 Å². The van der Waals surface area contributed by atoms with E-state index < -0.39 is 5.97 Å². The van der Waals surface area contributed by atoms with E-state index in [2.05, 4.69) is 9.97 Å². The number of H-pyrrole nitrogens is 1. The van der Waals surface area contributed by atoms with Crippen molar-refractivity contribution in [1.82, 2.24) is 9.97 Å². The van der Waals surface area contributed by atoms with Crippen LogP contribution in [0.1, 0.15) is 6.42 Å². The number of carbonyl (C=O) groups is 1. The molecule has 0 saturated heterocycles. The molecule has 1 aliphatic rings. The molecule has 0 saturated carbocycles. The quantitative estimate of drug-likeness (QED) is 0.832. The van der Waals surface area contributed by atoms with Crippen LogP contribution in [0.2, 0.25) is 0 Å². The molecule has 2 N–H and O–H groups in total. The number of aliphatic carboxylic acids is 1. The third-order valence-electron chi connectivity index (χ3n) is 2.68. The number of aromatic nitrogens is 2. The molecule has 7 heteroatoms. The van der Waals surface area contributed by atoms with E-state index in [1.165, 1.54) is 11.8 Å². The van der Waals surface area contributed by atoms with E-state index in [0.29, 0.717) is 35.6 Å². The van der Waals surface area contributed by atoms with Gasteiger partial charge in [-0.15, -0.1) is 0 Å². The number of rotatable bonds is 4. The SMILES string of the molecule is O=C(O)CCSc1nc2cc3c(cc2[nH]1)OCCO3. The molecule has 0 atom stereocenters. The molecule has 19 heavy (non-hydrogen) atoms. The summed E-state index contributed by atoms with van der Waals surface area (Å²) in [5.41, 5.74) is 1.66. The summed E-state index contributed by atoms with van der Waals surface area (Å²) in [6, 6.07) is 3.69. The third kappa shape index (κ3) is 2.60. The summed E-state index contributed by atoms with van der Waals surface area (Å²) < 4.78 is 11.0. The summed E-state index contributed by atoms with van der Waals surface area (Å²) in [5.74, 6) is 1.10. The van der Waals surface area contributed by atoms with E-state index >= 15 is 0 Å². The second-order valence-corrected chi connectivity index (χ2v) is 5.13. The topological polar surface area (TPSA) is 84.4 Å². The number of ether oxygens (including phenoxy) is 2. The highest BCUT2D eigenvalue weighted by Gasteiger charge is 2.15. The van der Waals surface area contributed by atoms with Gasteiger partial charge in [0.25, 0.3) is 0 Å². The molecule has 1 aromatic heterocycles. The Bertz CT molecular complexity index is 582. The maximum Gasteiger partial charge on any atom is 0.304 e. The van der Waals surface area contributed by atoms with Crippen LogP contribution in [0.5, 0.6) is 11.5 Å². The van der Waals surface area contributed by atoms with Crippen molar-refractivity contribution in [3.05, 3.63) is 12.1 Å². The van der Waals surface area contributed by atoms with Gasteiger partial charge in [0.05, 0.1) is 17.5 Å². The number of hydrogen-bond acceptors (Lipinski definition) is 5. The standard InChI is InChI=1S/C12H12N2O4S/c15-11(16)1-4-19-12-13-7-5-9-10(6-8(7)14-12)18-3-2-17-9/h5-6H,1-4H2,(H,13,14)(H,15,16). The summed E-state index contributed by atoms with van der Waals surface area (Å²) in [4.78, 5) is 18.0. The first-order valence-electron chi connectivity index (χ1n) is 5.86. The zero-order chi connectivity index (χ0) is 13.2. The second-order valence-electron chi connectivity index (χ2n) is 4.05. The van der Waals surface area contributed by atoms with Crippen LogP contribution in [0, 0.1) is 0 Å². The van der Waals surface area contributed by atoms with E-state index in [9.17, 15) is 4.79 Å². The Labute approximate surface area is 113 Å². The monoisotopic (exact) mass is 280 g/mol. The van der Waals surface area contributed by atoms with Crippen molar-refractivity contribution in [2.75, 3.05) is 19.0 Å². The highest BCUT2D eigenvalue weighted by atomic mass is 32.2. The van der Waals surface area contributed by atoms with Gasteiger partial charge in [-0.3, -0.25) is 4.79 Å². The molecule has 0 fully saturated rings. The van der Waals surface area contributed by atoms with E-state index in [4.69, 9.17) is 14.6 Å². The molecular weight excluding hydrogens is 268 g/mol. The minimum absolute atomic E-state index is 0.116. The minimum atomic E-state index is -0.805. The van der Waals surface area contributed by atoms with Crippen LogP contribution in [0.3, 0.4) is 0 Å². The molecule has 3 rings (SSSR count). The Morgan fingerprint density at radius 3 is 2.84 bits per heavy atom. The van der Waals surface area contributed by atoms with Gasteiger partial charge in [0.2, 0.25) is 0 Å². The minimum Gasteiger partial charge on any atom is -0.486 e. The Balaban J connectivity index is 1.82. The number of imidazole rings is 1. The summed E-state index contributed by atoms with van der Waals surface area (Å²) in [5, 5.41) is 9.30. The van der Waals surface area contributed by atoms with Crippen LogP contribution < -0.4 is 9.47 Å². The fraction of sp³-hybridized carbons (Fsp3) is 0.333. The average Bonchev–Trinajstić information content (AvgIpc) is 2.77. The lowest BCUT2D eigenvalue weighted by molar-refractivity contribution is -0.136. The number of carboxylic acid groups (broad SMARTS) is 1. The highest BCUT2D eigenvalue weighted by molar-refractivity contribution is 7.99. The predicted molar refractivity (Wildman–Crippen MR) is 70.1 cm³/mol. The molecule has 2 aromatic rings. The van der Waals surface area contributed by atoms with Gasteiger partial charge < -0.3 is 19.6 Å². The molecule has 0 amide bonds. The van der Waals surface area contributed by atoms with Gasteiger partial charge in [-0.05, 0) is 0 Å². The molecule has 0 radical (unpaired) electrons. The number of fused-ring (bicyclic) bond motifs is 2. The molecule has 0 aliphatic carbocycles. The maximum atomic E-state index is 10.5. The van der Waals surface area contributed by atoms with E-state index in [-0.39, 0.29) is 6.42 Å². The van der Waals surface area contributed by atoms with Crippen molar-refractivity contribution < 1.29 is 19.4 Å². The van der Waals surface area contributed by atoms with Gasteiger partial charge in [0.15, 0.2) is 16.7 Å². The lowest BCUT2D eigenvalue weighted by Gasteiger charge is -2.17. The lowest BCUT2D eigenvalue weighted by Crippen LogP contribution is -2.15. The summed E-state index contributed by atoms with van der Waals surface area (Å²) in [6.45, 7) is 1.09. The van der Waals surface area contributed by atoms with Crippen LogP contribution in [0.4, 0.5) is 0 Å². The fourth-order valence-electron chi connectivity index (χ4n) is 1.83. The fourth-order valence-corrected chi connectivity index (χ4v) is 2.64. The van der Waals surface area contributed by atoms with Crippen LogP contribution in [-0.4, -0.2) is 40.0 Å². The van der Waals surface area contributed by atoms with Crippen LogP contribution in [0.25, 0.3) is 11.0 Å². The van der Waals surface area contributed by atoms with Gasteiger partial charge in [0.1, 0.15) is 13.2 Å². The molecular formula is C12H12N2O4S. The first-order chi connectivity index (χ1) is 9.22. The van der Waals surface area contributed by atoms with Crippen molar-refractivity contribution in [2.45, 2.75) is 11.6 Å². The largest absolute Gasteiger partial charge is 0.486 e. The van der Waals surface area contributed by atoms with E-state index in [1.54, 1.807) is 0 Å². The van der Waals surface area contributed by atoms with Crippen LogP contribution in [-0.2, 0) is 4.79 Å². The van der Waals surface area contributed by atoms with E-state index in [0.717, 1.165) is 11.0 Å². The Hall–Kier alpha value is -1.89. The number of carboxylic acids is 1. The zero-order valence-electron chi connectivity index (χ0n) is 10.0. The number of aromatic amines is 1. The summed E-state index contributed by atoms with van der Waals surface area (Å²) >= 11 is 1.39. The average molecular weight is 280 g/mol. The first kappa shape index (κ1) is 12.2. The van der Waals surface area contributed by atoms with E-state index in [1.807, 2.05) is 12.1 Å². The molecule has 1 aromatic carbocycles. The van der Waals surface area contributed by atoms with Crippen LogP contribution in [0.15, 0.2) is 17.3 Å². The van der Waals surface area contributed by atoms with Crippen molar-refractivity contribution >= 4 is 28.8 Å². The molecule has 0 spiro atoms. The molecule has 0 bridgehead atoms. The van der Waals surface area contributed by atoms with Crippen molar-refractivity contribution in [3.63, 3.8) is 0 Å². The van der Waals surface area contributed by atoms with Crippen molar-refractivity contribution in [1.29, 1.82) is 0 Å². The lowest BCUT2D eigenvalue weighted by atomic mass is 10.2. The van der Waals surface area contributed by atoms with Gasteiger partial charge in [0, 0.05) is 17.9 Å². The number of nitrogens with one attached hydrogen (secondary N) is 1. The molecule has 100 valence electrons. The zero-order valence-corrected chi connectivity index (χ0v) is 10.8. The molecule has 1 aliphatic heterocycles. The summed E-state index contributed by atoms with van der Waals surface area (Å²) in [6.07, 6.45) is 0.116. The van der Waals surface area contributed by atoms with Gasteiger partial charge in [-0.25, -0.2) is 4.98 Å². The van der Waals surface area contributed by atoms with Crippen LogP contribution >= 0.6 is 11.8 Å². The normalized spacial score (nSPS) is 13.7. The Morgan fingerprint density at radius 2 is 2.11 bits per heavy atom. The Morgan fingerprint density at radius 1 is 1.37 bits per heavy atom. The predicted octanol–water partition coefficient (Wildman–Crippen LogP) is 1.90. The molecule has 2 heterocycles. The maximum absolute atomic E-state index is 10.5. The number of thioether (sulfide) groups is 1. The second kappa shape index (κ2) is 5.00. The Kier molecular flexibility index (Phi) is 3.20. The molecule has 6 nitrogen and oxygen atoms in total. The molecule has 0 unspecified atom stereocenters. The van der Waals surface area contributed by atoms with Gasteiger partial charge >= 0.3 is 5.97 Å². The van der Waals surface area contributed by atoms with Crippen molar-refractivity contribution in [2.24, 2.45) is 0 Å². The first-order valence-corrected chi connectivity index (χ1v) is 6.85. The summed E-state index contributed by atoms with van der Waals surface area (Å²) in [7, 11) is 0. The number of nitrogens with zero attached hydrogens (tertiary/aromatic N) is 1. The number of hydrogen-bond donors (Lipinski definition) is 2. The number of benzene rings is 1. The third-order valence-corrected chi connectivity index (χ3v) is 3.55. The highest BCUT2D eigenvalue weighted by Crippen LogP contribution is 2.34. The van der Waals surface area contributed by atoms with Gasteiger partial charge in [-0.1, -0.05) is 11.8 Å².